The molecule has 1 saturated carbocycles. The van der Waals surface area contributed by atoms with Crippen LogP contribution in [0.3, 0.4) is 0 Å². The first-order chi connectivity index (χ1) is 9.81. The zero-order valence-electron chi connectivity index (χ0n) is 13.5. The molecule has 2 nitrogen and oxygen atoms in total. The third-order valence-corrected chi connectivity index (χ3v) is 6.13. The number of hydrogen-bond acceptors (Lipinski definition) is 2. The van der Waals surface area contributed by atoms with Crippen LogP contribution in [-0.2, 0) is 0 Å². The smallest absolute Gasteiger partial charge is 0.0223 e. The second-order valence-electron chi connectivity index (χ2n) is 7.75. The molecule has 3 aliphatic rings. The molecule has 20 heavy (non-hydrogen) atoms. The molecule has 0 aromatic carbocycles. The first-order valence-corrected chi connectivity index (χ1v) is 9.27. The lowest BCUT2D eigenvalue weighted by Gasteiger charge is -2.36. The Bertz CT molecular complexity index is 283. The monoisotopic (exact) mass is 278 g/mol. The first kappa shape index (κ1) is 14.8. The molecule has 2 heteroatoms. The van der Waals surface area contributed by atoms with Crippen molar-refractivity contribution in [2.45, 2.75) is 70.8 Å². The van der Waals surface area contributed by atoms with Crippen LogP contribution < -0.4 is 0 Å². The zero-order valence-corrected chi connectivity index (χ0v) is 13.5. The first-order valence-electron chi connectivity index (χ1n) is 9.27. The van der Waals surface area contributed by atoms with E-state index in [0.29, 0.717) is 0 Å². The maximum absolute atomic E-state index is 2.80. The maximum Gasteiger partial charge on any atom is 0.0223 e. The van der Waals surface area contributed by atoms with E-state index in [9.17, 15) is 0 Å². The third kappa shape index (κ3) is 3.98. The highest BCUT2D eigenvalue weighted by molar-refractivity contribution is 4.83. The van der Waals surface area contributed by atoms with Crippen molar-refractivity contribution < 1.29 is 0 Å². The van der Waals surface area contributed by atoms with E-state index in [-0.39, 0.29) is 0 Å². The van der Waals surface area contributed by atoms with Crippen LogP contribution in [0.15, 0.2) is 0 Å². The Morgan fingerprint density at radius 2 is 1.65 bits per heavy atom. The average Bonchev–Trinajstić information content (AvgIpc) is 2.68. The summed E-state index contributed by atoms with van der Waals surface area (Å²) in [5.74, 6) is 2.04. The van der Waals surface area contributed by atoms with Crippen molar-refractivity contribution in [1.29, 1.82) is 0 Å². The van der Waals surface area contributed by atoms with Crippen molar-refractivity contribution in [1.82, 2.24) is 9.80 Å². The van der Waals surface area contributed by atoms with Gasteiger partial charge in [-0.15, -0.1) is 0 Å². The number of fused-ring (bicyclic) bond motifs is 1. The quantitative estimate of drug-likeness (QED) is 0.775. The topological polar surface area (TPSA) is 6.48 Å². The molecular formula is C18H34N2. The van der Waals surface area contributed by atoms with Crippen molar-refractivity contribution in [3.8, 4) is 0 Å². The zero-order chi connectivity index (χ0) is 13.8. The van der Waals surface area contributed by atoms with E-state index in [1.54, 1.807) is 0 Å². The molecule has 0 radical (unpaired) electrons. The summed E-state index contributed by atoms with van der Waals surface area (Å²) in [6, 6.07) is 0.887. The van der Waals surface area contributed by atoms with Gasteiger partial charge in [0.1, 0.15) is 0 Å². The lowest BCUT2D eigenvalue weighted by Crippen LogP contribution is -2.44. The molecule has 1 atom stereocenters. The number of piperidine rings is 1. The maximum atomic E-state index is 2.80. The van der Waals surface area contributed by atoms with Crippen molar-refractivity contribution >= 4 is 0 Å². The van der Waals surface area contributed by atoms with Crippen LogP contribution in [-0.4, -0.2) is 48.6 Å². The van der Waals surface area contributed by atoms with Gasteiger partial charge in [-0.25, -0.2) is 0 Å². The fourth-order valence-electron chi connectivity index (χ4n) is 4.63. The minimum Gasteiger partial charge on any atom is -0.302 e. The van der Waals surface area contributed by atoms with Crippen LogP contribution in [0.4, 0.5) is 0 Å². The second-order valence-corrected chi connectivity index (χ2v) is 7.75. The Morgan fingerprint density at radius 3 is 2.50 bits per heavy atom. The highest BCUT2D eigenvalue weighted by atomic mass is 15.2. The Morgan fingerprint density at radius 1 is 0.850 bits per heavy atom. The second kappa shape index (κ2) is 7.26. The molecule has 0 aromatic rings. The normalized spacial score (nSPS) is 37.4. The predicted molar refractivity (Wildman–Crippen MR) is 86.0 cm³/mol. The highest BCUT2D eigenvalue weighted by Crippen LogP contribution is 2.30. The van der Waals surface area contributed by atoms with Crippen LogP contribution in [0, 0.1) is 11.8 Å². The summed E-state index contributed by atoms with van der Waals surface area (Å²) in [4.78, 5) is 5.58. The van der Waals surface area contributed by atoms with Gasteiger partial charge >= 0.3 is 0 Å². The third-order valence-electron chi connectivity index (χ3n) is 6.13. The van der Waals surface area contributed by atoms with Crippen LogP contribution in [0.25, 0.3) is 0 Å². The molecule has 116 valence electrons. The molecule has 0 spiro atoms. The van der Waals surface area contributed by atoms with Crippen LogP contribution >= 0.6 is 0 Å². The van der Waals surface area contributed by atoms with E-state index in [0.717, 1.165) is 17.9 Å². The average molecular weight is 278 g/mol. The van der Waals surface area contributed by atoms with Crippen molar-refractivity contribution in [2.75, 3.05) is 32.7 Å². The molecular weight excluding hydrogens is 244 g/mol. The molecule has 0 aromatic heterocycles. The van der Waals surface area contributed by atoms with Gasteiger partial charge in [0.2, 0.25) is 0 Å². The van der Waals surface area contributed by atoms with E-state index >= 15 is 0 Å². The summed E-state index contributed by atoms with van der Waals surface area (Å²) in [5, 5.41) is 0. The summed E-state index contributed by atoms with van der Waals surface area (Å²) in [6.45, 7) is 9.27. The summed E-state index contributed by atoms with van der Waals surface area (Å²) in [5.41, 5.74) is 0. The van der Waals surface area contributed by atoms with Crippen LogP contribution in [0.2, 0.25) is 0 Å². The molecule has 1 unspecified atom stereocenters. The lowest BCUT2D eigenvalue weighted by atomic mass is 9.81. The van der Waals surface area contributed by atoms with Gasteiger partial charge in [-0.05, 0) is 63.7 Å². The lowest BCUT2D eigenvalue weighted by molar-refractivity contribution is 0.132. The fraction of sp³-hybridized carbons (Fsp3) is 1.00. The summed E-state index contributed by atoms with van der Waals surface area (Å²) >= 11 is 0. The van der Waals surface area contributed by atoms with Crippen molar-refractivity contribution in [3.63, 3.8) is 0 Å². The minimum absolute atomic E-state index is 0.887. The Hall–Kier alpha value is -0.0800. The minimum atomic E-state index is 0.887. The molecule has 3 fully saturated rings. The summed E-state index contributed by atoms with van der Waals surface area (Å²) in [6.07, 6.45) is 13.2. The molecule has 0 bridgehead atoms. The van der Waals surface area contributed by atoms with E-state index in [4.69, 9.17) is 0 Å². The van der Waals surface area contributed by atoms with Gasteiger partial charge in [-0.1, -0.05) is 39.0 Å². The number of nitrogens with zero attached hydrogens (tertiary/aromatic N) is 2. The molecule has 0 amide bonds. The van der Waals surface area contributed by atoms with Crippen molar-refractivity contribution in [2.24, 2.45) is 11.8 Å². The standard InChI is InChI=1S/C18H34N2/c1-16-6-8-17(9-7-16)10-14-19-11-4-13-20-12-3-2-5-18(20)15-19/h16-18H,2-15H2,1H3. The summed E-state index contributed by atoms with van der Waals surface area (Å²) in [7, 11) is 0. The van der Waals surface area contributed by atoms with Crippen molar-refractivity contribution in [3.05, 3.63) is 0 Å². The summed E-state index contributed by atoms with van der Waals surface area (Å²) < 4.78 is 0. The number of rotatable bonds is 3. The molecule has 3 rings (SSSR count). The molecule has 2 saturated heterocycles. The number of hydrogen-bond donors (Lipinski definition) is 0. The van der Waals surface area contributed by atoms with Gasteiger partial charge in [0.05, 0.1) is 0 Å². The van der Waals surface area contributed by atoms with Gasteiger partial charge in [-0.2, -0.15) is 0 Å². The largest absolute Gasteiger partial charge is 0.302 e. The highest BCUT2D eigenvalue weighted by Gasteiger charge is 2.27. The Kier molecular flexibility index (Phi) is 5.39. The van der Waals surface area contributed by atoms with E-state index < -0.39 is 0 Å². The fourth-order valence-corrected chi connectivity index (χ4v) is 4.63. The van der Waals surface area contributed by atoms with E-state index in [1.807, 2.05) is 0 Å². The van der Waals surface area contributed by atoms with Gasteiger partial charge in [0.25, 0.3) is 0 Å². The molecule has 1 aliphatic carbocycles. The van der Waals surface area contributed by atoms with Gasteiger partial charge in [0.15, 0.2) is 0 Å². The van der Waals surface area contributed by atoms with E-state index in [1.165, 1.54) is 90.5 Å². The van der Waals surface area contributed by atoms with Gasteiger partial charge < -0.3 is 4.90 Å². The van der Waals surface area contributed by atoms with Gasteiger partial charge in [-0.3, -0.25) is 4.90 Å². The van der Waals surface area contributed by atoms with Crippen LogP contribution in [0.5, 0.6) is 0 Å². The molecule has 2 heterocycles. The van der Waals surface area contributed by atoms with Crippen LogP contribution in [0.1, 0.15) is 64.7 Å². The Labute approximate surface area is 125 Å². The molecule has 0 N–H and O–H groups in total. The molecule has 2 aliphatic heterocycles. The SMILES string of the molecule is CC1CCC(CCN2CCCN3CCCCC3C2)CC1. The Balaban J connectivity index is 1.43. The van der Waals surface area contributed by atoms with E-state index in [2.05, 4.69) is 16.7 Å². The van der Waals surface area contributed by atoms with Gasteiger partial charge in [0, 0.05) is 12.6 Å². The predicted octanol–water partition coefficient (Wildman–Crippen LogP) is 3.76.